The molecule has 27 heavy (non-hydrogen) atoms. The smallest absolute Gasteiger partial charge is 0.289 e. The summed E-state index contributed by atoms with van der Waals surface area (Å²) in [4.78, 5) is 20.6. The summed E-state index contributed by atoms with van der Waals surface area (Å²) in [5.74, 6) is 1.14. The average molecular weight is 409 g/mol. The van der Waals surface area contributed by atoms with Gasteiger partial charge in [-0.25, -0.2) is 0 Å². The number of piperazine rings is 1. The Bertz CT molecular complexity index is 780. The van der Waals surface area contributed by atoms with Gasteiger partial charge in [-0.1, -0.05) is 23.2 Å². The lowest BCUT2D eigenvalue weighted by atomic mass is 10.1. The molecule has 0 radical (unpaired) electrons. The summed E-state index contributed by atoms with van der Waals surface area (Å²) in [6.07, 6.45) is 2.30. The van der Waals surface area contributed by atoms with Crippen LogP contribution in [0.15, 0.2) is 46.0 Å². The monoisotopic (exact) mass is 408 g/mol. The minimum atomic E-state index is -0.0690. The molecule has 0 spiro atoms. The van der Waals surface area contributed by atoms with Crippen LogP contribution in [-0.4, -0.2) is 61.4 Å². The van der Waals surface area contributed by atoms with Gasteiger partial charge in [-0.2, -0.15) is 0 Å². The molecular formula is C19H22Cl2N4O2. The zero-order valence-corrected chi connectivity index (χ0v) is 16.6. The number of rotatable bonds is 4. The van der Waals surface area contributed by atoms with Crippen molar-refractivity contribution in [3.05, 3.63) is 58.0 Å². The van der Waals surface area contributed by atoms with Gasteiger partial charge >= 0.3 is 0 Å². The molecule has 0 unspecified atom stereocenters. The molecule has 1 aromatic heterocycles. The molecule has 1 saturated heterocycles. The lowest BCUT2D eigenvalue weighted by Crippen LogP contribution is -2.54. The molecule has 6 nitrogen and oxygen atoms in total. The topological polar surface area (TPSA) is 61.1 Å². The van der Waals surface area contributed by atoms with Crippen molar-refractivity contribution in [2.24, 2.45) is 4.99 Å². The molecule has 144 valence electrons. The molecule has 8 heteroatoms. The summed E-state index contributed by atoms with van der Waals surface area (Å²) in [5, 5.41) is 4.64. The average Bonchev–Trinajstić information content (AvgIpc) is 3.19. The van der Waals surface area contributed by atoms with E-state index in [0.29, 0.717) is 28.9 Å². The molecule has 1 aliphatic rings. The van der Waals surface area contributed by atoms with Gasteiger partial charge in [-0.15, -0.1) is 0 Å². The van der Waals surface area contributed by atoms with Gasteiger partial charge in [0.1, 0.15) is 0 Å². The maximum Gasteiger partial charge on any atom is 0.289 e. The number of amides is 1. The molecular weight excluding hydrogens is 387 g/mol. The molecule has 2 heterocycles. The SMILES string of the molecule is CN=C(NCCc1cc(Cl)cc(Cl)c1)N1CCN(C(=O)c2ccco2)CC1. The van der Waals surface area contributed by atoms with Crippen molar-refractivity contribution in [1.29, 1.82) is 0 Å². The van der Waals surface area contributed by atoms with Crippen molar-refractivity contribution >= 4 is 35.1 Å². The molecule has 1 amide bonds. The van der Waals surface area contributed by atoms with Crippen LogP contribution in [0.3, 0.4) is 0 Å². The molecule has 0 atom stereocenters. The second-order valence-corrected chi connectivity index (χ2v) is 7.13. The number of halogens is 2. The van der Waals surface area contributed by atoms with E-state index >= 15 is 0 Å². The first-order chi connectivity index (χ1) is 13.1. The van der Waals surface area contributed by atoms with E-state index in [1.807, 2.05) is 12.1 Å². The standard InChI is InChI=1S/C19H22Cl2N4O2/c1-22-19(23-5-4-14-11-15(20)13-16(21)12-14)25-8-6-24(7-9-25)18(26)17-3-2-10-27-17/h2-3,10-13H,4-9H2,1H3,(H,22,23). The van der Waals surface area contributed by atoms with Gasteiger partial charge in [0, 0.05) is 49.8 Å². The molecule has 3 rings (SSSR count). The van der Waals surface area contributed by atoms with Crippen LogP contribution in [-0.2, 0) is 6.42 Å². The molecule has 1 N–H and O–H groups in total. The third-order valence-corrected chi connectivity index (χ3v) is 4.87. The van der Waals surface area contributed by atoms with Crippen molar-refractivity contribution in [1.82, 2.24) is 15.1 Å². The fourth-order valence-electron chi connectivity index (χ4n) is 3.08. The van der Waals surface area contributed by atoms with Crippen molar-refractivity contribution < 1.29 is 9.21 Å². The Balaban J connectivity index is 1.48. The van der Waals surface area contributed by atoms with Gasteiger partial charge in [-0.3, -0.25) is 9.79 Å². The summed E-state index contributed by atoms with van der Waals surface area (Å²) in [6.45, 7) is 3.41. The Morgan fingerprint density at radius 2 is 1.81 bits per heavy atom. The van der Waals surface area contributed by atoms with Gasteiger partial charge in [0.05, 0.1) is 6.26 Å². The third-order valence-electron chi connectivity index (χ3n) is 4.43. The fraction of sp³-hybridized carbons (Fsp3) is 0.368. The largest absolute Gasteiger partial charge is 0.459 e. The van der Waals surface area contributed by atoms with E-state index in [1.165, 1.54) is 6.26 Å². The number of carbonyl (C=O) groups is 1. The predicted molar refractivity (Wildman–Crippen MR) is 108 cm³/mol. The summed E-state index contributed by atoms with van der Waals surface area (Å²) >= 11 is 12.1. The fourth-order valence-corrected chi connectivity index (χ4v) is 3.65. The van der Waals surface area contributed by atoms with Crippen LogP contribution >= 0.6 is 23.2 Å². The van der Waals surface area contributed by atoms with Crippen LogP contribution < -0.4 is 5.32 Å². The number of nitrogens with zero attached hydrogens (tertiary/aromatic N) is 3. The van der Waals surface area contributed by atoms with Crippen molar-refractivity contribution in [2.45, 2.75) is 6.42 Å². The predicted octanol–water partition coefficient (Wildman–Crippen LogP) is 3.16. The minimum Gasteiger partial charge on any atom is -0.459 e. The van der Waals surface area contributed by atoms with E-state index in [-0.39, 0.29) is 5.91 Å². The highest BCUT2D eigenvalue weighted by atomic mass is 35.5. The normalized spacial score (nSPS) is 15.1. The third kappa shape index (κ3) is 5.17. The number of hydrogen-bond donors (Lipinski definition) is 1. The minimum absolute atomic E-state index is 0.0690. The van der Waals surface area contributed by atoms with Gasteiger partial charge in [0.2, 0.25) is 0 Å². The Morgan fingerprint density at radius 1 is 1.15 bits per heavy atom. The highest BCUT2D eigenvalue weighted by molar-refractivity contribution is 6.34. The van der Waals surface area contributed by atoms with E-state index < -0.39 is 0 Å². The zero-order chi connectivity index (χ0) is 19.2. The highest BCUT2D eigenvalue weighted by Crippen LogP contribution is 2.19. The van der Waals surface area contributed by atoms with Crippen molar-refractivity contribution in [3.8, 4) is 0 Å². The first-order valence-corrected chi connectivity index (χ1v) is 9.56. The molecule has 1 aromatic carbocycles. The first-order valence-electron chi connectivity index (χ1n) is 8.80. The maximum absolute atomic E-state index is 12.3. The molecule has 0 saturated carbocycles. The first kappa shape index (κ1) is 19.6. The number of aliphatic imine (C=N–C) groups is 1. The Labute approximate surface area is 168 Å². The van der Waals surface area contributed by atoms with Crippen LogP contribution in [0, 0.1) is 0 Å². The second kappa shape index (κ2) is 9.15. The number of furan rings is 1. The number of guanidine groups is 1. The summed E-state index contributed by atoms with van der Waals surface area (Å²) < 4.78 is 5.20. The number of hydrogen-bond acceptors (Lipinski definition) is 3. The van der Waals surface area contributed by atoms with Crippen LogP contribution in [0.25, 0.3) is 0 Å². The van der Waals surface area contributed by atoms with E-state index in [9.17, 15) is 4.79 Å². The molecule has 1 fully saturated rings. The lowest BCUT2D eigenvalue weighted by molar-refractivity contribution is 0.0658. The van der Waals surface area contributed by atoms with Crippen LogP contribution in [0.4, 0.5) is 0 Å². The summed E-state index contributed by atoms with van der Waals surface area (Å²) in [7, 11) is 1.76. The lowest BCUT2D eigenvalue weighted by Gasteiger charge is -2.36. The Morgan fingerprint density at radius 3 is 2.41 bits per heavy atom. The van der Waals surface area contributed by atoms with Gasteiger partial charge < -0.3 is 19.5 Å². The van der Waals surface area contributed by atoms with Crippen LogP contribution in [0.1, 0.15) is 16.1 Å². The van der Waals surface area contributed by atoms with Crippen LogP contribution in [0.5, 0.6) is 0 Å². The molecule has 2 aromatic rings. The van der Waals surface area contributed by atoms with E-state index in [2.05, 4.69) is 15.2 Å². The van der Waals surface area contributed by atoms with E-state index in [1.54, 1.807) is 30.1 Å². The van der Waals surface area contributed by atoms with Crippen LogP contribution in [0.2, 0.25) is 10.0 Å². The number of benzene rings is 1. The quantitative estimate of drug-likeness (QED) is 0.623. The summed E-state index contributed by atoms with van der Waals surface area (Å²) in [5.41, 5.74) is 1.07. The van der Waals surface area contributed by atoms with Gasteiger partial charge in [-0.05, 0) is 42.3 Å². The molecule has 0 aliphatic carbocycles. The van der Waals surface area contributed by atoms with E-state index in [0.717, 1.165) is 37.6 Å². The number of carbonyl (C=O) groups excluding carboxylic acids is 1. The Hall–Kier alpha value is -2.18. The summed E-state index contributed by atoms with van der Waals surface area (Å²) in [6, 6.07) is 8.97. The van der Waals surface area contributed by atoms with Gasteiger partial charge in [0.25, 0.3) is 5.91 Å². The van der Waals surface area contributed by atoms with E-state index in [4.69, 9.17) is 27.6 Å². The Kier molecular flexibility index (Phi) is 6.63. The zero-order valence-electron chi connectivity index (χ0n) is 15.1. The van der Waals surface area contributed by atoms with Crippen molar-refractivity contribution in [3.63, 3.8) is 0 Å². The van der Waals surface area contributed by atoms with Crippen molar-refractivity contribution in [2.75, 3.05) is 39.8 Å². The molecule has 1 aliphatic heterocycles. The maximum atomic E-state index is 12.3. The molecule has 0 bridgehead atoms. The second-order valence-electron chi connectivity index (χ2n) is 6.26. The number of nitrogens with one attached hydrogen (secondary N) is 1. The van der Waals surface area contributed by atoms with Gasteiger partial charge in [0.15, 0.2) is 11.7 Å². The highest BCUT2D eigenvalue weighted by Gasteiger charge is 2.25.